The zero-order valence-electron chi connectivity index (χ0n) is 11.8. The Morgan fingerprint density at radius 2 is 2.05 bits per heavy atom. The molecule has 0 aromatic heterocycles. The molecule has 0 saturated carbocycles. The van der Waals surface area contributed by atoms with Crippen molar-refractivity contribution in [1.82, 2.24) is 0 Å². The van der Waals surface area contributed by atoms with Crippen molar-refractivity contribution < 1.29 is 17.9 Å². The van der Waals surface area contributed by atoms with E-state index in [4.69, 9.17) is 16.3 Å². The van der Waals surface area contributed by atoms with Crippen molar-refractivity contribution in [3.63, 3.8) is 0 Å². The third kappa shape index (κ3) is 3.89. The van der Waals surface area contributed by atoms with Crippen LogP contribution in [-0.4, -0.2) is 38.0 Å². The van der Waals surface area contributed by atoms with Gasteiger partial charge in [0.1, 0.15) is 5.54 Å². The molecular formula is C14H18ClNO4S. The summed E-state index contributed by atoms with van der Waals surface area (Å²) >= 11 is 5.94. The molecule has 7 heteroatoms. The number of anilines is 1. The van der Waals surface area contributed by atoms with E-state index in [1.165, 1.54) is 0 Å². The fourth-order valence-corrected chi connectivity index (χ4v) is 4.09. The molecule has 0 amide bonds. The van der Waals surface area contributed by atoms with Gasteiger partial charge in [-0.3, -0.25) is 0 Å². The van der Waals surface area contributed by atoms with Crippen molar-refractivity contribution in [3.05, 3.63) is 29.3 Å². The number of hydrogen-bond donors (Lipinski definition) is 1. The van der Waals surface area contributed by atoms with Gasteiger partial charge in [-0.15, -0.1) is 0 Å². The molecule has 116 valence electrons. The summed E-state index contributed by atoms with van der Waals surface area (Å²) < 4.78 is 28.4. The minimum absolute atomic E-state index is 0.0284. The van der Waals surface area contributed by atoms with Crippen molar-refractivity contribution in [1.29, 1.82) is 0 Å². The number of nitrogens with one attached hydrogen (secondary N) is 1. The molecule has 0 bridgehead atoms. The molecule has 5 nitrogen and oxygen atoms in total. The SMILES string of the molecule is CCOC(=O)C1(Nc2cccc(Cl)c2)CCS(=O)(=O)CC1. The Kier molecular flexibility index (Phi) is 4.78. The van der Waals surface area contributed by atoms with E-state index in [1.807, 2.05) is 0 Å². The second-order valence-electron chi connectivity index (χ2n) is 5.09. The van der Waals surface area contributed by atoms with Crippen LogP contribution in [0.25, 0.3) is 0 Å². The maximum Gasteiger partial charge on any atom is 0.331 e. The summed E-state index contributed by atoms with van der Waals surface area (Å²) in [7, 11) is -3.08. The van der Waals surface area contributed by atoms with Crippen LogP contribution >= 0.6 is 11.6 Å². The van der Waals surface area contributed by atoms with Crippen LogP contribution in [0.4, 0.5) is 5.69 Å². The highest BCUT2D eigenvalue weighted by Crippen LogP contribution is 2.30. The normalized spacial score (nSPS) is 19.7. The van der Waals surface area contributed by atoms with Crippen LogP contribution in [0.3, 0.4) is 0 Å². The molecule has 1 aromatic rings. The van der Waals surface area contributed by atoms with Crippen molar-refractivity contribution in [3.8, 4) is 0 Å². The topological polar surface area (TPSA) is 72.5 Å². The van der Waals surface area contributed by atoms with Crippen LogP contribution in [0.15, 0.2) is 24.3 Å². The molecule has 1 heterocycles. The second kappa shape index (κ2) is 6.23. The van der Waals surface area contributed by atoms with E-state index in [1.54, 1.807) is 31.2 Å². The van der Waals surface area contributed by atoms with Gasteiger partial charge in [-0.1, -0.05) is 17.7 Å². The molecule has 0 atom stereocenters. The minimum Gasteiger partial charge on any atom is -0.464 e. The number of sulfone groups is 1. The summed E-state index contributed by atoms with van der Waals surface area (Å²) in [5, 5.41) is 3.68. The van der Waals surface area contributed by atoms with E-state index in [9.17, 15) is 13.2 Å². The van der Waals surface area contributed by atoms with E-state index in [0.717, 1.165) is 0 Å². The number of halogens is 1. The van der Waals surface area contributed by atoms with Gasteiger partial charge >= 0.3 is 5.97 Å². The largest absolute Gasteiger partial charge is 0.464 e. The Labute approximate surface area is 129 Å². The Morgan fingerprint density at radius 1 is 1.38 bits per heavy atom. The van der Waals surface area contributed by atoms with Gasteiger partial charge in [0.2, 0.25) is 0 Å². The van der Waals surface area contributed by atoms with Crippen LogP contribution < -0.4 is 5.32 Å². The van der Waals surface area contributed by atoms with Gasteiger partial charge in [-0.05, 0) is 38.0 Å². The van der Waals surface area contributed by atoms with Crippen LogP contribution in [0.1, 0.15) is 19.8 Å². The maximum atomic E-state index is 12.3. The minimum atomic E-state index is -3.08. The molecule has 1 aliphatic heterocycles. The van der Waals surface area contributed by atoms with Gasteiger partial charge in [0.05, 0.1) is 18.1 Å². The standard InChI is InChI=1S/C14H18ClNO4S/c1-2-20-13(17)14(6-8-21(18,19)9-7-14)16-12-5-3-4-11(15)10-12/h3-5,10,16H,2,6-9H2,1H3. The summed E-state index contributed by atoms with van der Waals surface area (Å²) in [6.07, 6.45) is 0.390. The molecule has 0 aliphatic carbocycles. The molecule has 1 N–H and O–H groups in total. The molecule has 1 aliphatic rings. The average Bonchev–Trinajstić information content (AvgIpc) is 2.42. The Morgan fingerprint density at radius 3 is 2.62 bits per heavy atom. The van der Waals surface area contributed by atoms with Crippen LogP contribution in [0, 0.1) is 0 Å². The first-order valence-electron chi connectivity index (χ1n) is 6.78. The summed E-state index contributed by atoms with van der Waals surface area (Å²) in [6, 6.07) is 6.99. The lowest BCUT2D eigenvalue weighted by molar-refractivity contribution is -0.148. The Balaban J connectivity index is 2.26. The summed E-state index contributed by atoms with van der Waals surface area (Å²) in [5.41, 5.74) is -0.332. The fraction of sp³-hybridized carbons (Fsp3) is 0.500. The van der Waals surface area contributed by atoms with E-state index in [-0.39, 0.29) is 31.0 Å². The van der Waals surface area contributed by atoms with Crippen molar-refractivity contribution >= 4 is 33.1 Å². The van der Waals surface area contributed by atoms with E-state index < -0.39 is 21.3 Å². The third-order valence-electron chi connectivity index (χ3n) is 3.55. The predicted molar refractivity (Wildman–Crippen MR) is 82.3 cm³/mol. The number of ether oxygens (including phenoxy) is 1. The molecule has 21 heavy (non-hydrogen) atoms. The molecule has 0 radical (unpaired) electrons. The molecule has 1 aromatic carbocycles. The number of benzene rings is 1. The highest BCUT2D eigenvalue weighted by molar-refractivity contribution is 7.91. The predicted octanol–water partition coefficient (Wildman–Crippen LogP) is 2.26. The maximum absolute atomic E-state index is 12.3. The van der Waals surface area contributed by atoms with Gasteiger partial charge in [-0.2, -0.15) is 0 Å². The van der Waals surface area contributed by atoms with Gasteiger partial charge in [0.15, 0.2) is 9.84 Å². The highest BCUT2D eigenvalue weighted by atomic mass is 35.5. The second-order valence-corrected chi connectivity index (χ2v) is 7.83. The van der Waals surface area contributed by atoms with Crippen LogP contribution in [0.5, 0.6) is 0 Å². The average molecular weight is 332 g/mol. The first-order valence-corrected chi connectivity index (χ1v) is 8.98. The van der Waals surface area contributed by atoms with Gasteiger partial charge < -0.3 is 10.1 Å². The van der Waals surface area contributed by atoms with E-state index >= 15 is 0 Å². The zero-order chi connectivity index (χ0) is 15.5. The summed E-state index contributed by atoms with van der Waals surface area (Å²) in [5.74, 6) is -0.474. The lowest BCUT2D eigenvalue weighted by Gasteiger charge is -2.36. The highest BCUT2D eigenvalue weighted by Gasteiger charge is 2.44. The molecule has 1 fully saturated rings. The number of carbonyl (C=O) groups is 1. The Hall–Kier alpha value is -1.27. The number of carbonyl (C=O) groups excluding carboxylic acids is 1. The Bertz CT molecular complexity index is 616. The zero-order valence-corrected chi connectivity index (χ0v) is 13.3. The van der Waals surface area contributed by atoms with Crippen molar-refractivity contribution in [2.24, 2.45) is 0 Å². The first-order chi connectivity index (χ1) is 9.87. The molecule has 2 rings (SSSR count). The molecule has 0 spiro atoms. The van der Waals surface area contributed by atoms with E-state index in [2.05, 4.69) is 5.32 Å². The first kappa shape index (κ1) is 16.1. The van der Waals surface area contributed by atoms with Gasteiger partial charge in [0, 0.05) is 10.7 Å². The van der Waals surface area contributed by atoms with Crippen LogP contribution in [0.2, 0.25) is 5.02 Å². The third-order valence-corrected chi connectivity index (χ3v) is 5.44. The molecule has 0 unspecified atom stereocenters. The summed E-state index contributed by atoms with van der Waals surface area (Å²) in [6.45, 7) is 1.98. The van der Waals surface area contributed by atoms with Gasteiger partial charge in [-0.25, -0.2) is 13.2 Å². The smallest absolute Gasteiger partial charge is 0.331 e. The fourth-order valence-electron chi connectivity index (χ4n) is 2.38. The molecule has 1 saturated heterocycles. The monoisotopic (exact) mass is 331 g/mol. The van der Waals surface area contributed by atoms with Crippen molar-refractivity contribution in [2.75, 3.05) is 23.4 Å². The van der Waals surface area contributed by atoms with Crippen molar-refractivity contribution in [2.45, 2.75) is 25.3 Å². The number of esters is 1. The summed E-state index contributed by atoms with van der Waals surface area (Å²) in [4.78, 5) is 12.3. The quantitative estimate of drug-likeness (QED) is 0.857. The molecular weight excluding hydrogens is 314 g/mol. The lowest BCUT2D eigenvalue weighted by Crippen LogP contribution is -2.52. The number of rotatable bonds is 4. The van der Waals surface area contributed by atoms with E-state index in [0.29, 0.717) is 10.7 Å². The lowest BCUT2D eigenvalue weighted by atomic mass is 9.91. The van der Waals surface area contributed by atoms with Crippen LogP contribution in [-0.2, 0) is 19.4 Å². The number of hydrogen-bond acceptors (Lipinski definition) is 5. The van der Waals surface area contributed by atoms with Gasteiger partial charge in [0.25, 0.3) is 0 Å².